The maximum absolute atomic E-state index is 17.4. The van der Waals surface area contributed by atoms with Crippen LogP contribution in [0, 0.1) is 34.5 Å². The highest BCUT2D eigenvalue weighted by Gasteiger charge is 2.77. The molecule has 0 heterocycles. The van der Waals surface area contributed by atoms with Crippen LogP contribution in [-0.4, -0.2) is 34.3 Å². The minimum absolute atomic E-state index is 0.0606. The molecular formula is C25H32F2O4S. The number of thiol groups is 1. The zero-order valence-electron chi connectivity index (χ0n) is 19.3. The predicted molar refractivity (Wildman–Crippen MR) is 119 cm³/mol. The molecule has 4 rings (SSSR count). The van der Waals surface area contributed by atoms with Crippen molar-refractivity contribution in [2.45, 2.75) is 77.7 Å². The zero-order valence-corrected chi connectivity index (χ0v) is 20.2. The van der Waals surface area contributed by atoms with Crippen molar-refractivity contribution in [1.29, 1.82) is 0 Å². The molecule has 4 aliphatic rings. The summed E-state index contributed by atoms with van der Waals surface area (Å²) in [6.45, 7) is 8.86. The number of hydrogen-bond acceptors (Lipinski definition) is 4. The third-order valence-electron chi connectivity index (χ3n) is 9.39. The van der Waals surface area contributed by atoms with E-state index in [0.29, 0.717) is 12.8 Å². The molecule has 0 bridgehead atoms. The lowest BCUT2D eigenvalue weighted by Crippen LogP contribution is -2.68. The SMILES string of the molecule is CCC(=O)O[C@]1(C(=O)S)[C@H](C)CC2C3C[C@H](F)C4=CC(=O)C=C[C@]4(C)[C@@]3(F)[C@@H](C)C[C@@]21C. The van der Waals surface area contributed by atoms with Crippen molar-refractivity contribution in [2.75, 3.05) is 0 Å². The van der Waals surface area contributed by atoms with Crippen LogP contribution in [0.4, 0.5) is 8.78 Å². The van der Waals surface area contributed by atoms with Crippen molar-refractivity contribution in [3.8, 4) is 0 Å². The predicted octanol–water partition coefficient (Wildman–Crippen LogP) is 4.97. The lowest BCUT2D eigenvalue weighted by atomic mass is 9.42. The molecule has 7 heteroatoms. The van der Waals surface area contributed by atoms with E-state index in [1.165, 1.54) is 18.2 Å². The molecule has 9 atom stereocenters. The van der Waals surface area contributed by atoms with E-state index in [4.69, 9.17) is 4.74 Å². The Bertz CT molecular complexity index is 946. The Labute approximate surface area is 193 Å². The van der Waals surface area contributed by atoms with E-state index in [2.05, 4.69) is 12.6 Å². The third kappa shape index (κ3) is 2.63. The fourth-order valence-electron chi connectivity index (χ4n) is 8.01. The van der Waals surface area contributed by atoms with Gasteiger partial charge in [-0.1, -0.05) is 33.8 Å². The molecule has 0 aromatic heterocycles. The maximum Gasteiger partial charge on any atom is 0.306 e. The molecule has 0 aromatic rings. The number of halogens is 2. The van der Waals surface area contributed by atoms with Crippen LogP contribution in [0.2, 0.25) is 0 Å². The highest BCUT2D eigenvalue weighted by Crippen LogP contribution is 2.73. The fourth-order valence-corrected chi connectivity index (χ4v) is 8.53. The number of hydrogen-bond donors (Lipinski definition) is 1. The highest BCUT2D eigenvalue weighted by molar-refractivity contribution is 7.96. The molecule has 0 radical (unpaired) electrons. The van der Waals surface area contributed by atoms with E-state index in [9.17, 15) is 14.4 Å². The van der Waals surface area contributed by atoms with Crippen LogP contribution in [0.3, 0.4) is 0 Å². The van der Waals surface area contributed by atoms with E-state index >= 15 is 8.78 Å². The number of ketones is 1. The second-order valence-electron chi connectivity index (χ2n) is 10.7. The van der Waals surface area contributed by atoms with Gasteiger partial charge in [0.15, 0.2) is 11.4 Å². The molecule has 32 heavy (non-hydrogen) atoms. The van der Waals surface area contributed by atoms with Crippen LogP contribution in [0.1, 0.15) is 60.3 Å². The second kappa shape index (κ2) is 7.25. The van der Waals surface area contributed by atoms with Gasteiger partial charge in [0.05, 0.1) is 0 Å². The van der Waals surface area contributed by atoms with Crippen LogP contribution >= 0.6 is 12.6 Å². The van der Waals surface area contributed by atoms with Gasteiger partial charge in [-0.15, -0.1) is 12.6 Å². The largest absolute Gasteiger partial charge is 0.449 e. The normalized spacial score (nSPS) is 49.6. The van der Waals surface area contributed by atoms with Gasteiger partial charge in [-0.3, -0.25) is 14.4 Å². The van der Waals surface area contributed by atoms with Crippen LogP contribution < -0.4 is 0 Å². The van der Waals surface area contributed by atoms with Gasteiger partial charge in [-0.2, -0.15) is 0 Å². The average Bonchev–Trinajstić information content (AvgIpc) is 2.93. The highest BCUT2D eigenvalue weighted by atomic mass is 32.1. The van der Waals surface area contributed by atoms with E-state index in [-0.39, 0.29) is 36.0 Å². The molecule has 4 aliphatic carbocycles. The number of esters is 1. The minimum Gasteiger partial charge on any atom is -0.449 e. The van der Waals surface area contributed by atoms with Crippen molar-refractivity contribution in [3.05, 3.63) is 23.8 Å². The van der Waals surface area contributed by atoms with Crippen LogP contribution in [0.5, 0.6) is 0 Å². The number of carbonyl (C=O) groups excluding carboxylic acids is 3. The quantitative estimate of drug-likeness (QED) is 0.471. The summed E-state index contributed by atoms with van der Waals surface area (Å²) in [6, 6.07) is 0. The van der Waals surface area contributed by atoms with Crippen molar-refractivity contribution in [1.82, 2.24) is 0 Å². The Morgan fingerprint density at radius 2 is 1.84 bits per heavy atom. The summed E-state index contributed by atoms with van der Waals surface area (Å²) < 4.78 is 38.8. The topological polar surface area (TPSA) is 60.4 Å². The van der Waals surface area contributed by atoms with Crippen LogP contribution in [0.25, 0.3) is 0 Å². The number of allylic oxidation sites excluding steroid dienone is 4. The molecule has 0 aliphatic heterocycles. The van der Waals surface area contributed by atoms with Gasteiger partial charge >= 0.3 is 5.97 Å². The van der Waals surface area contributed by atoms with Gasteiger partial charge in [0.25, 0.3) is 0 Å². The molecule has 0 saturated heterocycles. The van der Waals surface area contributed by atoms with Crippen molar-refractivity contribution < 1.29 is 27.9 Å². The lowest BCUT2D eigenvalue weighted by Gasteiger charge is -2.64. The second-order valence-corrected chi connectivity index (χ2v) is 11.2. The van der Waals surface area contributed by atoms with Crippen molar-refractivity contribution >= 4 is 29.5 Å². The summed E-state index contributed by atoms with van der Waals surface area (Å²) in [6.07, 6.45) is 3.46. The summed E-state index contributed by atoms with van der Waals surface area (Å²) in [5, 5.41) is -0.530. The van der Waals surface area contributed by atoms with Crippen LogP contribution in [-0.2, 0) is 19.1 Å². The summed E-state index contributed by atoms with van der Waals surface area (Å²) in [7, 11) is 0. The monoisotopic (exact) mass is 466 g/mol. The van der Waals surface area contributed by atoms with Gasteiger partial charge < -0.3 is 4.74 Å². The Balaban J connectivity index is 1.87. The minimum atomic E-state index is -1.80. The maximum atomic E-state index is 17.4. The van der Waals surface area contributed by atoms with E-state index in [1.807, 2.05) is 13.8 Å². The first-order valence-corrected chi connectivity index (χ1v) is 12.0. The Hall–Kier alpha value is -1.50. The first-order chi connectivity index (χ1) is 14.8. The van der Waals surface area contributed by atoms with Crippen molar-refractivity contribution in [2.24, 2.45) is 34.5 Å². The summed E-state index contributed by atoms with van der Waals surface area (Å²) >= 11 is 4.17. The van der Waals surface area contributed by atoms with Crippen LogP contribution in [0.15, 0.2) is 23.8 Å². The Morgan fingerprint density at radius 1 is 1.19 bits per heavy atom. The Kier molecular flexibility index (Phi) is 5.36. The standard InChI is InChI=1S/C25H32F2O4S/c1-6-20(29)31-25(21(30)32)13(2)9-16-17-11-19(26)18-10-15(28)7-8-22(18,4)24(17,27)14(3)12-23(16,25)5/h7-8,10,13-14,16-17,19H,6,9,11-12H2,1-5H3,(H,30,32)/t13-,14+,16?,17?,19+,22+,23+,24-,25+/m1/s1. The molecular weight excluding hydrogens is 434 g/mol. The summed E-state index contributed by atoms with van der Waals surface area (Å²) in [5.41, 5.74) is -5.19. The van der Waals surface area contributed by atoms with Crippen molar-refractivity contribution in [3.63, 3.8) is 0 Å². The molecule has 0 amide bonds. The first-order valence-electron chi connectivity index (χ1n) is 11.5. The molecule has 0 spiro atoms. The number of rotatable bonds is 3. The Morgan fingerprint density at radius 3 is 2.44 bits per heavy atom. The molecule has 3 fully saturated rings. The number of fused-ring (bicyclic) bond motifs is 5. The van der Waals surface area contributed by atoms with Gasteiger partial charge in [0, 0.05) is 29.1 Å². The molecule has 4 nitrogen and oxygen atoms in total. The molecule has 2 unspecified atom stereocenters. The molecule has 0 N–H and O–H groups in total. The number of carbonyl (C=O) groups is 3. The molecule has 176 valence electrons. The number of alkyl halides is 2. The molecule has 0 aromatic carbocycles. The average molecular weight is 467 g/mol. The lowest BCUT2D eigenvalue weighted by molar-refractivity contribution is -0.212. The van der Waals surface area contributed by atoms with Gasteiger partial charge in [0.1, 0.15) is 11.8 Å². The zero-order chi connectivity index (χ0) is 23.9. The molecule has 3 saturated carbocycles. The van der Waals surface area contributed by atoms with Gasteiger partial charge in [-0.25, -0.2) is 8.78 Å². The van der Waals surface area contributed by atoms with Gasteiger partial charge in [0.2, 0.25) is 5.12 Å². The fraction of sp³-hybridized carbons (Fsp3) is 0.720. The summed E-state index contributed by atoms with van der Waals surface area (Å²) in [5.74, 6) is -2.82. The first kappa shape index (κ1) is 23.7. The smallest absolute Gasteiger partial charge is 0.306 e. The van der Waals surface area contributed by atoms with Gasteiger partial charge in [-0.05, 0) is 55.7 Å². The third-order valence-corrected chi connectivity index (χ3v) is 9.73. The van der Waals surface area contributed by atoms with E-state index in [1.54, 1.807) is 20.8 Å². The summed E-state index contributed by atoms with van der Waals surface area (Å²) in [4.78, 5) is 37.4. The van der Waals surface area contributed by atoms with E-state index < -0.39 is 51.2 Å². The number of ether oxygens (including phenoxy) is 1. The van der Waals surface area contributed by atoms with E-state index in [0.717, 1.165) is 0 Å².